The maximum atomic E-state index is 14.2. The number of halogens is 2. The number of benzene rings is 2. The molecular formula is C25H20F2N2O5S. The highest BCUT2D eigenvalue weighted by Gasteiger charge is 2.48. The number of nitrogens with zero attached hydrogens (tertiary/aromatic N) is 2. The van der Waals surface area contributed by atoms with Crippen molar-refractivity contribution in [1.82, 2.24) is 4.98 Å². The van der Waals surface area contributed by atoms with Gasteiger partial charge in [0.05, 0.1) is 23.9 Å². The van der Waals surface area contributed by atoms with Gasteiger partial charge in [0.15, 0.2) is 5.13 Å². The van der Waals surface area contributed by atoms with E-state index in [9.17, 15) is 28.3 Å². The predicted octanol–water partition coefficient (Wildman–Crippen LogP) is 4.84. The van der Waals surface area contributed by atoms with Crippen molar-refractivity contribution in [2.75, 3.05) is 11.5 Å². The van der Waals surface area contributed by atoms with E-state index in [1.807, 2.05) is 0 Å². The molecule has 1 aromatic heterocycles. The Morgan fingerprint density at radius 2 is 1.91 bits per heavy atom. The first-order valence-corrected chi connectivity index (χ1v) is 11.4. The smallest absolute Gasteiger partial charge is 0.350 e. The van der Waals surface area contributed by atoms with Gasteiger partial charge in [-0.15, -0.1) is 0 Å². The van der Waals surface area contributed by atoms with Gasteiger partial charge in [0.1, 0.15) is 22.3 Å². The number of ether oxygens (including phenoxy) is 1. The zero-order chi connectivity index (χ0) is 25.4. The lowest BCUT2D eigenvalue weighted by Gasteiger charge is -2.23. The number of aliphatic hydroxyl groups is 1. The van der Waals surface area contributed by atoms with Crippen molar-refractivity contribution in [3.8, 4) is 0 Å². The van der Waals surface area contributed by atoms with Crippen LogP contribution in [0, 0.1) is 25.5 Å². The van der Waals surface area contributed by atoms with Crippen LogP contribution in [0.25, 0.3) is 5.76 Å². The Bertz CT molecular complexity index is 1400. The molecule has 3 aromatic rings. The van der Waals surface area contributed by atoms with Crippen LogP contribution < -0.4 is 4.90 Å². The number of carbonyl (C=O) groups excluding carboxylic acids is 3. The third kappa shape index (κ3) is 4.32. The maximum Gasteiger partial charge on any atom is 0.350 e. The number of thiazole rings is 1. The molecule has 7 nitrogen and oxygen atoms in total. The van der Waals surface area contributed by atoms with Gasteiger partial charge < -0.3 is 9.84 Å². The quantitative estimate of drug-likeness (QED) is 0.234. The zero-order valence-corrected chi connectivity index (χ0v) is 19.8. The van der Waals surface area contributed by atoms with E-state index in [1.54, 1.807) is 13.8 Å². The molecule has 1 atom stereocenters. The first-order valence-electron chi connectivity index (χ1n) is 10.6. The Balaban J connectivity index is 1.93. The summed E-state index contributed by atoms with van der Waals surface area (Å²) in [5.41, 5.74) is 0.422. The minimum absolute atomic E-state index is 0.00366. The average molecular weight is 499 g/mol. The Morgan fingerprint density at radius 3 is 2.57 bits per heavy atom. The minimum Gasteiger partial charge on any atom is -0.507 e. The largest absolute Gasteiger partial charge is 0.507 e. The van der Waals surface area contributed by atoms with Crippen LogP contribution in [0.15, 0.2) is 48.0 Å². The van der Waals surface area contributed by atoms with Crippen molar-refractivity contribution in [1.29, 1.82) is 0 Å². The van der Waals surface area contributed by atoms with Crippen molar-refractivity contribution in [2.45, 2.75) is 26.8 Å². The van der Waals surface area contributed by atoms with Crippen LogP contribution in [-0.4, -0.2) is 34.4 Å². The molecule has 1 amide bonds. The number of aromatic nitrogens is 1. The minimum atomic E-state index is -1.27. The number of anilines is 1. The van der Waals surface area contributed by atoms with Gasteiger partial charge in [0, 0.05) is 5.56 Å². The zero-order valence-electron chi connectivity index (χ0n) is 19.0. The Labute approximate surface area is 203 Å². The van der Waals surface area contributed by atoms with Crippen molar-refractivity contribution >= 4 is 39.9 Å². The van der Waals surface area contributed by atoms with Crippen molar-refractivity contribution in [2.24, 2.45) is 0 Å². The fourth-order valence-electron chi connectivity index (χ4n) is 3.79. The molecule has 1 aliphatic rings. The predicted molar refractivity (Wildman–Crippen MR) is 125 cm³/mol. The van der Waals surface area contributed by atoms with Gasteiger partial charge in [0.25, 0.3) is 5.78 Å². The SMILES string of the molecule is CCOC(=O)c1sc(N2C(=O)C(=O)/C(=C(/O)c3ccc(C)c(F)c3)C2c2cccc(F)c2)nc1C. The lowest BCUT2D eigenvalue weighted by molar-refractivity contribution is -0.132. The molecule has 180 valence electrons. The van der Waals surface area contributed by atoms with Crippen molar-refractivity contribution in [3.63, 3.8) is 0 Å². The number of aliphatic hydroxyl groups excluding tert-OH is 1. The number of ketones is 1. The van der Waals surface area contributed by atoms with Crippen molar-refractivity contribution in [3.05, 3.63) is 86.9 Å². The fraction of sp³-hybridized carbons (Fsp3) is 0.200. The van der Waals surface area contributed by atoms with E-state index in [4.69, 9.17) is 4.74 Å². The highest BCUT2D eigenvalue weighted by molar-refractivity contribution is 7.17. The maximum absolute atomic E-state index is 14.2. The van der Waals surface area contributed by atoms with Gasteiger partial charge >= 0.3 is 11.9 Å². The van der Waals surface area contributed by atoms with Crippen LogP contribution in [0.2, 0.25) is 0 Å². The summed E-state index contributed by atoms with van der Waals surface area (Å²) >= 11 is 0.836. The number of aryl methyl sites for hydroxylation is 2. The fourth-order valence-corrected chi connectivity index (χ4v) is 4.78. The van der Waals surface area contributed by atoms with E-state index in [0.29, 0.717) is 5.56 Å². The number of hydrogen-bond acceptors (Lipinski definition) is 7. The van der Waals surface area contributed by atoms with E-state index < -0.39 is 41.1 Å². The van der Waals surface area contributed by atoms with Gasteiger partial charge in [-0.3, -0.25) is 14.5 Å². The average Bonchev–Trinajstić information content (AvgIpc) is 3.32. The summed E-state index contributed by atoms with van der Waals surface area (Å²) in [6, 6.07) is 7.82. The summed E-state index contributed by atoms with van der Waals surface area (Å²) in [4.78, 5) is 44.0. The number of rotatable bonds is 5. The number of hydrogen-bond donors (Lipinski definition) is 1. The van der Waals surface area contributed by atoms with Gasteiger partial charge in [-0.05, 0) is 50.1 Å². The Kier molecular flexibility index (Phi) is 6.49. The molecule has 1 N–H and O–H groups in total. The third-order valence-corrected chi connectivity index (χ3v) is 6.64. The Morgan fingerprint density at radius 1 is 1.17 bits per heavy atom. The molecule has 0 bridgehead atoms. The highest BCUT2D eigenvalue weighted by atomic mass is 32.1. The summed E-state index contributed by atoms with van der Waals surface area (Å²) in [7, 11) is 0. The number of amides is 1. The van der Waals surface area contributed by atoms with Crippen LogP contribution in [0.5, 0.6) is 0 Å². The van der Waals surface area contributed by atoms with Gasteiger partial charge in [-0.2, -0.15) is 0 Å². The molecule has 35 heavy (non-hydrogen) atoms. The molecule has 1 saturated heterocycles. The first-order chi connectivity index (χ1) is 16.6. The number of carbonyl (C=O) groups is 3. The molecule has 0 aliphatic carbocycles. The molecule has 10 heteroatoms. The third-order valence-electron chi connectivity index (χ3n) is 5.51. The molecule has 0 spiro atoms. The first kappa shape index (κ1) is 24.2. The van der Waals surface area contributed by atoms with E-state index in [-0.39, 0.29) is 39.0 Å². The summed E-state index contributed by atoms with van der Waals surface area (Å²) in [5, 5.41) is 11.0. The molecule has 4 rings (SSSR count). The normalized spacial score (nSPS) is 17.2. The second-order valence-corrected chi connectivity index (χ2v) is 8.80. The topological polar surface area (TPSA) is 96.8 Å². The van der Waals surface area contributed by atoms with Crippen molar-refractivity contribution < 1.29 is 33.0 Å². The number of esters is 1. The van der Waals surface area contributed by atoms with Crippen LogP contribution in [0.1, 0.15) is 45.0 Å². The van der Waals surface area contributed by atoms with Crippen LogP contribution in [-0.2, 0) is 14.3 Å². The van der Waals surface area contributed by atoms with Gasteiger partial charge in [-0.25, -0.2) is 18.6 Å². The molecule has 2 aromatic carbocycles. The molecule has 1 unspecified atom stereocenters. The van der Waals surface area contributed by atoms with E-state index in [2.05, 4.69) is 4.98 Å². The molecule has 0 saturated carbocycles. The van der Waals surface area contributed by atoms with E-state index >= 15 is 0 Å². The van der Waals surface area contributed by atoms with Crippen LogP contribution >= 0.6 is 11.3 Å². The molecular weight excluding hydrogens is 478 g/mol. The second kappa shape index (κ2) is 9.38. The standard InChI is InChI=1S/C25H20F2N2O5S/c1-4-34-24(33)22-13(3)28-25(35-22)29-19(14-6-5-7-16(26)10-14)18(21(31)23(29)32)20(30)15-9-8-12(2)17(27)11-15/h5-11,19,30H,4H2,1-3H3/b20-18+. The summed E-state index contributed by atoms with van der Waals surface area (Å²) in [6.45, 7) is 4.86. The van der Waals surface area contributed by atoms with Gasteiger partial charge in [0.2, 0.25) is 0 Å². The summed E-state index contributed by atoms with van der Waals surface area (Å²) in [6.07, 6.45) is 0. The summed E-state index contributed by atoms with van der Waals surface area (Å²) in [5.74, 6) is -4.57. The lowest BCUT2D eigenvalue weighted by Crippen LogP contribution is -2.29. The van der Waals surface area contributed by atoms with E-state index in [1.165, 1.54) is 37.3 Å². The molecule has 1 fully saturated rings. The second-order valence-electron chi connectivity index (χ2n) is 7.82. The molecule has 2 heterocycles. The van der Waals surface area contributed by atoms with Gasteiger partial charge in [-0.1, -0.05) is 35.6 Å². The Hall–Kier alpha value is -3.92. The molecule has 0 radical (unpaired) electrons. The van der Waals surface area contributed by atoms with E-state index in [0.717, 1.165) is 28.4 Å². The summed E-state index contributed by atoms with van der Waals surface area (Å²) < 4.78 is 33.4. The highest BCUT2D eigenvalue weighted by Crippen LogP contribution is 2.44. The van der Waals surface area contributed by atoms with Crippen LogP contribution in [0.4, 0.5) is 13.9 Å². The lowest BCUT2D eigenvalue weighted by atomic mass is 9.95. The molecule has 1 aliphatic heterocycles. The van der Waals surface area contributed by atoms with Crippen LogP contribution in [0.3, 0.4) is 0 Å². The monoisotopic (exact) mass is 498 g/mol. The number of Topliss-reactive ketones (excluding diaryl/α,β-unsaturated/α-hetero) is 1.